The zero-order valence-electron chi connectivity index (χ0n) is 10.2. The molecule has 1 atom stereocenters. The van der Waals surface area contributed by atoms with Crippen molar-refractivity contribution >= 4 is 11.8 Å². The van der Waals surface area contributed by atoms with Crippen LogP contribution in [0.1, 0.15) is 33.1 Å². The van der Waals surface area contributed by atoms with Gasteiger partial charge in [0, 0.05) is 12.3 Å². The van der Waals surface area contributed by atoms with Crippen molar-refractivity contribution < 1.29 is 4.74 Å². The molecule has 1 rings (SSSR count). The molecule has 0 saturated heterocycles. The van der Waals surface area contributed by atoms with E-state index in [1.165, 1.54) is 0 Å². The van der Waals surface area contributed by atoms with Crippen molar-refractivity contribution in [1.82, 2.24) is 9.78 Å². The van der Waals surface area contributed by atoms with E-state index in [1.54, 1.807) is 11.8 Å². The molecule has 0 spiro atoms. The number of hydrogen-bond donors (Lipinski definition) is 0. The molecule has 1 heterocycles. The predicted molar refractivity (Wildman–Crippen MR) is 65.4 cm³/mol. The third-order valence-electron chi connectivity index (χ3n) is 1.95. The second-order valence-electron chi connectivity index (χ2n) is 4.82. The summed E-state index contributed by atoms with van der Waals surface area (Å²) in [5.74, 6) is 0.714. The number of ether oxygens (including phenoxy) is 1. The molecule has 0 amide bonds. The molecule has 15 heavy (non-hydrogen) atoms. The van der Waals surface area contributed by atoms with Crippen molar-refractivity contribution in [3.05, 3.63) is 12.3 Å². The van der Waals surface area contributed by atoms with Crippen LogP contribution in [0.25, 0.3) is 0 Å². The molecule has 0 aromatic carbocycles. The van der Waals surface area contributed by atoms with Crippen LogP contribution in [0.4, 0.5) is 0 Å². The Bertz CT molecular complexity index is 304. The SMILES string of the molecule is CSC(C)n1ccc(OCC(C)(C)C)n1. The summed E-state index contributed by atoms with van der Waals surface area (Å²) in [4.78, 5) is 0. The first kappa shape index (κ1) is 12.4. The molecule has 86 valence electrons. The summed E-state index contributed by atoms with van der Waals surface area (Å²) < 4.78 is 7.52. The molecular formula is C11H20N2OS. The van der Waals surface area contributed by atoms with Gasteiger partial charge in [0.2, 0.25) is 5.88 Å². The van der Waals surface area contributed by atoms with Crippen LogP contribution in [0, 0.1) is 5.41 Å². The lowest BCUT2D eigenvalue weighted by Crippen LogP contribution is -2.17. The van der Waals surface area contributed by atoms with Gasteiger partial charge in [-0.15, -0.1) is 16.9 Å². The normalized spacial score (nSPS) is 13.9. The molecule has 0 N–H and O–H groups in total. The van der Waals surface area contributed by atoms with Gasteiger partial charge in [-0.25, -0.2) is 0 Å². The van der Waals surface area contributed by atoms with Crippen LogP contribution in [0.2, 0.25) is 0 Å². The van der Waals surface area contributed by atoms with E-state index in [1.807, 2.05) is 16.9 Å². The van der Waals surface area contributed by atoms with E-state index in [2.05, 4.69) is 39.0 Å². The van der Waals surface area contributed by atoms with Crippen molar-refractivity contribution in [2.24, 2.45) is 5.41 Å². The zero-order valence-corrected chi connectivity index (χ0v) is 11.0. The second kappa shape index (κ2) is 4.92. The molecule has 0 aliphatic heterocycles. The van der Waals surface area contributed by atoms with E-state index in [-0.39, 0.29) is 5.41 Å². The van der Waals surface area contributed by atoms with E-state index in [4.69, 9.17) is 4.74 Å². The second-order valence-corrected chi connectivity index (χ2v) is 5.97. The van der Waals surface area contributed by atoms with Crippen molar-refractivity contribution in [3.63, 3.8) is 0 Å². The highest BCUT2D eigenvalue weighted by Gasteiger charge is 2.12. The summed E-state index contributed by atoms with van der Waals surface area (Å²) >= 11 is 1.76. The Kier molecular flexibility index (Phi) is 4.08. The highest BCUT2D eigenvalue weighted by molar-refractivity contribution is 7.98. The van der Waals surface area contributed by atoms with Crippen molar-refractivity contribution in [1.29, 1.82) is 0 Å². The molecule has 0 radical (unpaired) electrons. The molecule has 3 nitrogen and oxygen atoms in total. The van der Waals surface area contributed by atoms with Crippen molar-refractivity contribution in [2.75, 3.05) is 12.9 Å². The Labute approximate surface area is 96.2 Å². The summed E-state index contributed by atoms with van der Waals surface area (Å²) in [5, 5.41) is 4.72. The van der Waals surface area contributed by atoms with E-state index < -0.39 is 0 Å². The van der Waals surface area contributed by atoms with Gasteiger partial charge in [0.1, 0.15) is 0 Å². The number of rotatable bonds is 4. The fourth-order valence-corrected chi connectivity index (χ4v) is 1.33. The van der Waals surface area contributed by atoms with Gasteiger partial charge in [-0.05, 0) is 18.6 Å². The van der Waals surface area contributed by atoms with Crippen molar-refractivity contribution in [2.45, 2.75) is 33.1 Å². The summed E-state index contributed by atoms with van der Waals surface area (Å²) in [7, 11) is 0. The molecule has 0 bridgehead atoms. The van der Waals surface area contributed by atoms with E-state index in [0.29, 0.717) is 17.9 Å². The largest absolute Gasteiger partial charge is 0.476 e. The highest BCUT2D eigenvalue weighted by atomic mass is 32.2. The lowest BCUT2D eigenvalue weighted by molar-refractivity contribution is 0.190. The molecule has 1 unspecified atom stereocenters. The van der Waals surface area contributed by atoms with Crippen molar-refractivity contribution in [3.8, 4) is 5.88 Å². The van der Waals surface area contributed by atoms with E-state index in [9.17, 15) is 0 Å². The quantitative estimate of drug-likeness (QED) is 0.792. The van der Waals surface area contributed by atoms with Gasteiger partial charge < -0.3 is 4.74 Å². The Hall–Kier alpha value is -0.640. The minimum absolute atomic E-state index is 0.175. The number of aromatic nitrogens is 2. The van der Waals surface area contributed by atoms with Crippen LogP contribution in [0.5, 0.6) is 5.88 Å². The first-order valence-corrected chi connectivity index (χ1v) is 6.42. The number of hydrogen-bond acceptors (Lipinski definition) is 3. The minimum Gasteiger partial charge on any atom is -0.476 e. The van der Waals surface area contributed by atoms with Crippen LogP contribution < -0.4 is 4.74 Å². The lowest BCUT2D eigenvalue weighted by Gasteiger charge is -2.17. The lowest BCUT2D eigenvalue weighted by atomic mass is 9.99. The van der Waals surface area contributed by atoms with Crippen LogP contribution >= 0.6 is 11.8 Å². The number of nitrogens with zero attached hydrogens (tertiary/aromatic N) is 2. The molecule has 4 heteroatoms. The molecule has 0 saturated carbocycles. The molecular weight excluding hydrogens is 208 g/mol. The van der Waals surface area contributed by atoms with Crippen LogP contribution in [-0.2, 0) is 0 Å². The molecule has 1 aromatic rings. The maximum Gasteiger partial charge on any atom is 0.232 e. The Morgan fingerprint density at radius 1 is 1.53 bits per heavy atom. The maximum absolute atomic E-state index is 5.60. The van der Waals surface area contributed by atoms with Gasteiger partial charge in [-0.2, -0.15) is 0 Å². The highest BCUT2D eigenvalue weighted by Crippen LogP contribution is 2.21. The van der Waals surface area contributed by atoms with Gasteiger partial charge in [0.05, 0.1) is 12.0 Å². The topological polar surface area (TPSA) is 27.1 Å². The molecule has 0 fully saturated rings. The molecule has 1 aromatic heterocycles. The fraction of sp³-hybridized carbons (Fsp3) is 0.727. The zero-order chi connectivity index (χ0) is 11.5. The van der Waals surface area contributed by atoms with Crippen LogP contribution in [-0.4, -0.2) is 22.6 Å². The minimum atomic E-state index is 0.175. The molecule has 0 aliphatic rings. The van der Waals surface area contributed by atoms with Crippen LogP contribution in [0.15, 0.2) is 12.3 Å². The van der Waals surface area contributed by atoms with Gasteiger partial charge in [-0.3, -0.25) is 4.68 Å². The first-order chi connectivity index (χ1) is 6.92. The third-order valence-corrected chi connectivity index (χ3v) is 2.85. The Balaban J connectivity index is 2.53. The van der Waals surface area contributed by atoms with Gasteiger partial charge in [0.15, 0.2) is 0 Å². The van der Waals surface area contributed by atoms with Gasteiger partial charge >= 0.3 is 0 Å². The predicted octanol–water partition coefficient (Wildman–Crippen LogP) is 3.19. The Morgan fingerprint density at radius 2 is 2.20 bits per heavy atom. The smallest absolute Gasteiger partial charge is 0.232 e. The summed E-state index contributed by atoms with van der Waals surface area (Å²) in [6, 6.07) is 1.92. The molecule has 0 aliphatic carbocycles. The number of thioether (sulfide) groups is 1. The average Bonchev–Trinajstić information content (AvgIpc) is 2.61. The summed E-state index contributed by atoms with van der Waals surface area (Å²) in [6.07, 6.45) is 4.03. The maximum atomic E-state index is 5.60. The first-order valence-electron chi connectivity index (χ1n) is 5.13. The summed E-state index contributed by atoms with van der Waals surface area (Å²) in [6.45, 7) is 9.25. The monoisotopic (exact) mass is 228 g/mol. The average molecular weight is 228 g/mol. The van der Waals surface area contributed by atoms with Gasteiger partial charge in [0.25, 0.3) is 0 Å². The van der Waals surface area contributed by atoms with E-state index >= 15 is 0 Å². The summed E-state index contributed by atoms with van der Waals surface area (Å²) in [5.41, 5.74) is 0.175. The van der Waals surface area contributed by atoms with E-state index in [0.717, 1.165) is 0 Å². The third kappa shape index (κ3) is 4.16. The Morgan fingerprint density at radius 3 is 2.73 bits per heavy atom. The van der Waals surface area contributed by atoms with Gasteiger partial charge in [-0.1, -0.05) is 20.8 Å². The van der Waals surface area contributed by atoms with Crippen LogP contribution in [0.3, 0.4) is 0 Å². The standard InChI is InChI=1S/C11H20N2OS/c1-9(15-5)13-7-6-10(12-13)14-8-11(2,3)4/h6-7,9H,8H2,1-5H3. The fourth-order valence-electron chi connectivity index (χ4n) is 0.999.